The zero-order valence-corrected chi connectivity index (χ0v) is 12.2. The predicted octanol–water partition coefficient (Wildman–Crippen LogP) is 4.24. The van der Waals surface area contributed by atoms with E-state index in [-0.39, 0.29) is 5.56 Å². The van der Waals surface area contributed by atoms with Crippen molar-refractivity contribution in [3.05, 3.63) is 34.3 Å². The molecule has 0 bridgehead atoms. The second kappa shape index (κ2) is 5.63. The summed E-state index contributed by atoms with van der Waals surface area (Å²) >= 11 is 5.68. The molecule has 0 saturated heterocycles. The average Bonchev–Trinajstić information content (AvgIpc) is 2.24. The maximum Gasteiger partial charge on any atom is 0.417 e. The average molecular weight is 312 g/mol. The lowest BCUT2D eigenvalue weighted by Crippen LogP contribution is -2.19. The van der Waals surface area contributed by atoms with E-state index in [2.05, 4.69) is 4.40 Å². The Hall–Kier alpha value is -0.880. The molecule has 0 aromatic heterocycles. The summed E-state index contributed by atoms with van der Waals surface area (Å²) in [7, 11) is -1.54. The van der Waals surface area contributed by atoms with Crippen molar-refractivity contribution >= 4 is 28.8 Å². The predicted molar refractivity (Wildman–Crippen MR) is 71.9 cm³/mol. The molecule has 0 saturated carbocycles. The summed E-state index contributed by atoms with van der Waals surface area (Å²) in [6.45, 7) is 5.15. The molecule has 1 atom stereocenters. The minimum absolute atomic E-state index is 0.0918. The van der Waals surface area contributed by atoms with Crippen LogP contribution in [0.2, 0.25) is 5.02 Å². The van der Waals surface area contributed by atoms with Crippen LogP contribution in [0.4, 0.5) is 13.2 Å². The van der Waals surface area contributed by atoms with Crippen LogP contribution in [-0.2, 0) is 17.2 Å². The lowest BCUT2D eigenvalue weighted by atomic mass is 10.1. The summed E-state index contributed by atoms with van der Waals surface area (Å²) in [5, 5.41) is -0.440. The number of nitrogens with zero attached hydrogens (tertiary/aromatic N) is 1. The first-order chi connectivity index (χ1) is 8.53. The van der Waals surface area contributed by atoms with Crippen LogP contribution in [0.25, 0.3) is 0 Å². The molecule has 2 nitrogen and oxygen atoms in total. The molecule has 1 rings (SSSR count). The van der Waals surface area contributed by atoms with Crippen LogP contribution in [0.15, 0.2) is 22.6 Å². The van der Waals surface area contributed by atoms with Crippen molar-refractivity contribution in [3.8, 4) is 0 Å². The van der Waals surface area contributed by atoms with Crippen molar-refractivity contribution in [1.82, 2.24) is 0 Å². The Morgan fingerprint density at radius 3 is 2.32 bits per heavy atom. The maximum atomic E-state index is 12.6. The molecule has 1 aromatic carbocycles. The molecule has 1 unspecified atom stereocenters. The van der Waals surface area contributed by atoms with Gasteiger partial charge in [0.15, 0.2) is 0 Å². The smallest absolute Gasteiger partial charge is 0.234 e. The SMILES string of the molecule is CC(C)(C)S(=O)N=Cc1cccc(C(F)(F)F)c1Cl. The third-order valence-electron chi connectivity index (χ3n) is 2.15. The molecule has 0 aliphatic rings. The first kappa shape index (κ1) is 16.2. The van der Waals surface area contributed by atoms with Gasteiger partial charge in [-0.3, -0.25) is 0 Å². The highest BCUT2D eigenvalue weighted by Gasteiger charge is 2.33. The number of alkyl halides is 3. The van der Waals surface area contributed by atoms with Crippen LogP contribution in [0.1, 0.15) is 31.9 Å². The first-order valence-electron chi connectivity index (χ1n) is 5.35. The monoisotopic (exact) mass is 311 g/mol. The van der Waals surface area contributed by atoms with Crippen LogP contribution in [0.3, 0.4) is 0 Å². The summed E-state index contributed by atoms with van der Waals surface area (Å²) < 4.78 is 52.7. The van der Waals surface area contributed by atoms with Crippen molar-refractivity contribution in [1.29, 1.82) is 0 Å². The minimum Gasteiger partial charge on any atom is -0.234 e. The largest absolute Gasteiger partial charge is 0.417 e. The van der Waals surface area contributed by atoms with Gasteiger partial charge >= 0.3 is 6.18 Å². The maximum absolute atomic E-state index is 12.6. The Labute approximate surface area is 117 Å². The first-order valence-corrected chi connectivity index (χ1v) is 6.83. The molecule has 0 heterocycles. The number of hydrogen-bond donors (Lipinski definition) is 0. The van der Waals surface area contributed by atoms with Gasteiger partial charge in [-0.1, -0.05) is 23.7 Å². The zero-order valence-electron chi connectivity index (χ0n) is 10.6. The molecule has 0 fully saturated rings. The summed E-state index contributed by atoms with van der Waals surface area (Å²) in [4.78, 5) is 0. The van der Waals surface area contributed by atoms with Gasteiger partial charge in [-0.15, -0.1) is 0 Å². The van der Waals surface area contributed by atoms with Crippen LogP contribution < -0.4 is 0 Å². The lowest BCUT2D eigenvalue weighted by Gasteiger charge is -2.13. The molecule has 7 heteroatoms. The number of halogens is 4. The van der Waals surface area contributed by atoms with E-state index in [0.717, 1.165) is 12.3 Å². The van der Waals surface area contributed by atoms with Gasteiger partial charge in [0.05, 0.1) is 15.3 Å². The molecule has 0 spiro atoms. The van der Waals surface area contributed by atoms with E-state index < -0.39 is 32.5 Å². The quantitative estimate of drug-likeness (QED) is 0.751. The standard InChI is InChI=1S/C12H13ClF3NOS/c1-11(2,3)19(18)17-7-8-5-4-6-9(10(8)13)12(14,15)16/h4-7H,1-3H3. The third-order valence-corrected chi connectivity index (χ3v) is 3.91. The summed E-state index contributed by atoms with van der Waals surface area (Å²) in [5.41, 5.74) is -0.839. The van der Waals surface area contributed by atoms with E-state index in [1.807, 2.05) is 0 Å². The second-order valence-electron chi connectivity index (χ2n) is 4.80. The van der Waals surface area contributed by atoms with Gasteiger partial charge in [-0.05, 0) is 26.8 Å². The highest BCUT2D eigenvalue weighted by molar-refractivity contribution is 7.85. The molecule has 0 amide bonds. The van der Waals surface area contributed by atoms with Crippen LogP contribution >= 0.6 is 11.6 Å². The zero-order chi connectivity index (χ0) is 14.8. The Morgan fingerprint density at radius 1 is 1.26 bits per heavy atom. The fourth-order valence-electron chi connectivity index (χ4n) is 1.13. The second-order valence-corrected chi connectivity index (χ2v) is 7.11. The molecular formula is C12H13ClF3NOS. The lowest BCUT2D eigenvalue weighted by molar-refractivity contribution is -0.137. The van der Waals surface area contributed by atoms with Crippen LogP contribution in [0.5, 0.6) is 0 Å². The normalized spacial score (nSPS) is 14.9. The van der Waals surface area contributed by atoms with Gasteiger partial charge < -0.3 is 0 Å². The summed E-state index contributed by atoms with van der Waals surface area (Å²) in [5.74, 6) is 0. The molecule has 19 heavy (non-hydrogen) atoms. The van der Waals surface area contributed by atoms with Crippen molar-refractivity contribution in [3.63, 3.8) is 0 Å². The van der Waals surface area contributed by atoms with Gasteiger partial charge in [-0.2, -0.15) is 17.6 Å². The molecule has 0 aliphatic heterocycles. The van der Waals surface area contributed by atoms with E-state index in [1.165, 1.54) is 12.1 Å². The molecule has 106 valence electrons. The Balaban J connectivity index is 3.11. The van der Waals surface area contributed by atoms with Crippen molar-refractivity contribution < 1.29 is 17.4 Å². The number of benzene rings is 1. The van der Waals surface area contributed by atoms with E-state index in [9.17, 15) is 17.4 Å². The minimum atomic E-state index is -4.52. The van der Waals surface area contributed by atoms with E-state index in [0.29, 0.717) is 0 Å². The fourth-order valence-corrected chi connectivity index (χ4v) is 1.94. The van der Waals surface area contributed by atoms with Gasteiger partial charge in [0.1, 0.15) is 11.0 Å². The number of rotatable bonds is 2. The topological polar surface area (TPSA) is 29.4 Å². The Bertz CT molecular complexity index is 521. The Morgan fingerprint density at radius 2 is 1.84 bits per heavy atom. The van der Waals surface area contributed by atoms with Crippen molar-refractivity contribution in [2.24, 2.45) is 4.40 Å². The van der Waals surface area contributed by atoms with Crippen LogP contribution in [-0.4, -0.2) is 15.2 Å². The van der Waals surface area contributed by atoms with Crippen molar-refractivity contribution in [2.45, 2.75) is 31.7 Å². The Kier molecular flexibility index (Phi) is 4.79. The highest BCUT2D eigenvalue weighted by atomic mass is 35.5. The van der Waals surface area contributed by atoms with E-state index in [4.69, 9.17) is 11.6 Å². The van der Waals surface area contributed by atoms with Gasteiger partial charge in [0.25, 0.3) is 0 Å². The van der Waals surface area contributed by atoms with E-state index >= 15 is 0 Å². The molecule has 0 radical (unpaired) electrons. The van der Waals surface area contributed by atoms with Gasteiger partial charge in [0, 0.05) is 11.8 Å². The van der Waals surface area contributed by atoms with Gasteiger partial charge in [-0.25, -0.2) is 4.21 Å². The molecule has 1 aromatic rings. The molecule has 0 N–H and O–H groups in total. The van der Waals surface area contributed by atoms with Crippen LogP contribution in [0, 0.1) is 0 Å². The van der Waals surface area contributed by atoms with Gasteiger partial charge in [0.2, 0.25) is 0 Å². The van der Waals surface area contributed by atoms with Crippen molar-refractivity contribution in [2.75, 3.05) is 0 Å². The number of hydrogen-bond acceptors (Lipinski definition) is 1. The highest BCUT2D eigenvalue weighted by Crippen LogP contribution is 2.35. The molecular weight excluding hydrogens is 299 g/mol. The fraction of sp³-hybridized carbons (Fsp3) is 0.417. The van der Waals surface area contributed by atoms with E-state index in [1.54, 1.807) is 20.8 Å². The summed E-state index contributed by atoms with van der Waals surface area (Å²) in [6, 6.07) is 3.51. The molecule has 0 aliphatic carbocycles. The summed E-state index contributed by atoms with van der Waals surface area (Å²) in [6.07, 6.45) is -3.41. The third kappa shape index (κ3) is 4.31.